The van der Waals surface area contributed by atoms with E-state index >= 15 is 0 Å². The first-order valence-corrected chi connectivity index (χ1v) is 10.3. The molecular weight excluding hydrogens is 438 g/mol. The van der Waals surface area contributed by atoms with Gasteiger partial charge in [-0.1, -0.05) is 52.3 Å². The Morgan fingerprint density at radius 3 is 2.71 bits per heavy atom. The molecule has 140 valence electrons. The van der Waals surface area contributed by atoms with E-state index in [0.717, 1.165) is 14.9 Å². The zero-order valence-corrected chi connectivity index (χ0v) is 17.1. The maximum atomic E-state index is 12.7. The first-order valence-electron chi connectivity index (χ1n) is 8.64. The first-order chi connectivity index (χ1) is 13.6. The molecule has 2 heterocycles. The number of aromatic nitrogens is 2. The van der Waals surface area contributed by atoms with E-state index < -0.39 is 0 Å². The van der Waals surface area contributed by atoms with Crippen molar-refractivity contribution in [3.05, 3.63) is 97.6 Å². The zero-order chi connectivity index (χ0) is 19.5. The molecular formula is C21H16BrN3O2S. The Morgan fingerprint density at radius 2 is 1.96 bits per heavy atom. The molecule has 1 N–H and O–H groups in total. The van der Waals surface area contributed by atoms with Gasteiger partial charge >= 0.3 is 0 Å². The molecule has 2 aromatic carbocycles. The predicted molar refractivity (Wildman–Crippen MR) is 114 cm³/mol. The van der Waals surface area contributed by atoms with E-state index in [1.54, 1.807) is 23.5 Å². The van der Waals surface area contributed by atoms with Crippen molar-refractivity contribution in [3.63, 3.8) is 0 Å². The summed E-state index contributed by atoms with van der Waals surface area (Å²) in [7, 11) is 0. The van der Waals surface area contributed by atoms with Crippen molar-refractivity contribution < 1.29 is 4.79 Å². The maximum Gasteiger partial charge on any atom is 0.261 e. The molecule has 0 aliphatic carbocycles. The molecule has 5 nitrogen and oxygen atoms in total. The highest BCUT2D eigenvalue weighted by Crippen LogP contribution is 2.25. The van der Waals surface area contributed by atoms with Crippen LogP contribution in [0.25, 0.3) is 10.9 Å². The van der Waals surface area contributed by atoms with Crippen LogP contribution in [0.4, 0.5) is 0 Å². The Bertz CT molecular complexity index is 1170. The highest BCUT2D eigenvalue weighted by Gasteiger charge is 2.18. The number of benzene rings is 2. The van der Waals surface area contributed by atoms with E-state index in [0.29, 0.717) is 10.9 Å². The third-order valence-electron chi connectivity index (χ3n) is 4.37. The van der Waals surface area contributed by atoms with Crippen LogP contribution in [0.2, 0.25) is 0 Å². The van der Waals surface area contributed by atoms with Gasteiger partial charge in [-0.25, -0.2) is 4.98 Å². The molecule has 0 saturated carbocycles. The van der Waals surface area contributed by atoms with Crippen LogP contribution in [0.5, 0.6) is 0 Å². The smallest absolute Gasteiger partial charge is 0.261 e. The molecule has 0 spiro atoms. The van der Waals surface area contributed by atoms with Gasteiger partial charge in [0.25, 0.3) is 5.56 Å². The van der Waals surface area contributed by atoms with E-state index in [1.807, 2.05) is 53.9 Å². The van der Waals surface area contributed by atoms with Crippen molar-refractivity contribution >= 4 is 44.1 Å². The summed E-state index contributed by atoms with van der Waals surface area (Å²) in [6, 6.07) is 18.8. The number of hydrogen-bond donors (Lipinski definition) is 1. The van der Waals surface area contributed by atoms with Gasteiger partial charge in [0.2, 0.25) is 5.91 Å². The largest absolute Gasteiger partial charge is 0.343 e. The minimum absolute atomic E-state index is 0.0943. The topological polar surface area (TPSA) is 64.0 Å². The SMILES string of the molecule is O=C(Cn1cnc2ccc(Br)cc2c1=O)NC(c1ccccc1)c1cccs1. The lowest BCUT2D eigenvalue weighted by molar-refractivity contribution is -0.122. The van der Waals surface area contributed by atoms with Crippen molar-refractivity contribution in [1.82, 2.24) is 14.9 Å². The maximum absolute atomic E-state index is 12.7. The minimum Gasteiger partial charge on any atom is -0.343 e. The van der Waals surface area contributed by atoms with E-state index in [2.05, 4.69) is 26.2 Å². The average Bonchev–Trinajstić information content (AvgIpc) is 3.24. The fraction of sp³-hybridized carbons (Fsp3) is 0.0952. The summed E-state index contributed by atoms with van der Waals surface area (Å²) in [5.74, 6) is -0.250. The molecule has 4 rings (SSSR count). The lowest BCUT2D eigenvalue weighted by Gasteiger charge is -2.18. The lowest BCUT2D eigenvalue weighted by atomic mass is 10.1. The van der Waals surface area contributed by atoms with E-state index in [9.17, 15) is 9.59 Å². The summed E-state index contributed by atoms with van der Waals surface area (Å²) in [5.41, 5.74) is 1.35. The molecule has 0 aliphatic rings. The summed E-state index contributed by atoms with van der Waals surface area (Å²) in [6.45, 7) is -0.0943. The summed E-state index contributed by atoms with van der Waals surface area (Å²) >= 11 is 4.95. The molecule has 4 aromatic rings. The molecule has 7 heteroatoms. The normalized spacial score (nSPS) is 12.0. The fourth-order valence-electron chi connectivity index (χ4n) is 3.02. The molecule has 1 unspecified atom stereocenters. The van der Waals surface area contributed by atoms with Gasteiger partial charge in [0.1, 0.15) is 6.54 Å². The second-order valence-corrected chi connectivity index (χ2v) is 8.16. The highest BCUT2D eigenvalue weighted by molar-refractivity contribution is 9.10. The van der Waals surface area contributed by atoms with Gasteiger partial charge in [-0.15, -0.1) is 11.3 Å². The van der Waals surface area contributed by atoms with Crippen molar-refractivity contribution in [1.29, 1.82) is 0 Å². The van der Waals surface area contributed by atoms with Gasteiger partial charge in [-0.05, 0) is 35.2 Å². The van der Waals surface area contributed by atoms with E-state index in [1.165, 1.54) is 10.9 Å². The Morgan fingerprint density at radius 1 is 1.14 bits per heavy atom. The molecule has 2 aromatic heterocycles. The number of carbonyl (C=O) groups excluding carboxylic acids is 1. The number of amides is 1. The minimum atomic E-state index is -0.257. The number of thiophene rings is 1. The van der Waals surface area contributed by atoms with Gasteiger partial charge in [-0.2, -0.15) is 0 Å². The molecule has 0 bridgehead atoms. The number of hydrogen-bond acceptors (Lipinski definition) is 4. The number of halogens is 1. The number of nitrogens with zero attached hydrogens (tertiary/aromatic N) is 2. The van der Waals surface area contributed by atoms with Crippen LogP contribution in [-0.4, -0.2) is 15.5 Å². The van der Waals surface area contributed by atoms with Gasteiger partial charge in [0, 0.05) is 9.35 Å². The molecule has 0 radical (unpaired) electrons. The predicted octanol–water partition coefficient (Wildman–Crippen LogP) is 4.13. The lowest BCUT2D eigenvalue weighted by Crippen LogP contribution is -2.35. The molecule has 0 aliphatic heterocycles. The highest BCUT2D eigenvalue weighted by atomic mass is 79.9. The van der Waals surface area contributed by atoms with Gasteiger partial charge < -0.3 is 5.32 Å². The third-order valence-corrected chi connectivity index (χ3v) is 5.80. The molecule has 1 amide bonds. The van der Waals surface area contributed by atoms with Crippen molar-refractivity contribution in [2.75, 3.05) is 0 Å². The van der Waals surface area contributed by atoms with Crippen LogP contribution >= 0.6 is 27.3 Å². The first kappa shape index (κ1) is 18.6. The Labute approximate surface area is 173 Å². The number of rotatable bonds is 5. The summed E-state index contributed by atoms with van der Waals surface area (Å²) < 4.78 is 2.13. The van der Waals surface area contributed by atoms with Crippen LogP contribution in [0.3, 0.4) is 0 Å². The van der Waals surface area contributed by atoms with Crippen LogP contribution in [0, 0.1) is 0 Å². The van der Waals surface area contributed by atoms with Crippen LogP contribution in [-0.2, 0) is 11.3 Å². The number of carbonyl (C=O) groups is 1. The number of nitrogens with one attached hydrogen (secondary N) is 1. The van der Waals surface area contributed by atoms with Gasteiger partial charge in [0.15, 0.2) is 0 Å². The Kier molecular flexibility index (Phi) is 5.36. The third kappa shape index (κ3) is 3.90. The molecule has 1 atom stereocenters. The van der Waals surface area contributed by atoms with Crippen molar-refractivity contribution in [2.45, 2.75) is 12.6 Å². The molecule has 28 heavy (non-hydrogen) atoms. The second kappa shape index (κ2) is 8.08. The van der Waals surface area contributed by atoms with Crippen molar-refractivity contribution in [2.24, 2.45) is 0 Å². The quantitative estimate of drug-likeness (QED) is 0.494. The van der Waals surface area contributed by atoms with Gasteiger partial charge in [-0.3, -0.25) is 14.2 Å². The summed E-state index contributed by atoms with van der Waals surface area (Å²) in [5, 5.41) is 5.50. The Hall–Kier alpha value is -2.77. The second-order valence-electron chi connectivity index (χ2n) is 6.27. The molecule has 0 fully saturated rings. The fourth-order valence-corrected chi connectivity index (χ4v) is 4.19. The van der Waals surface area contributed by atoms with E-state index in [4.69, 9.17) is 0 Å². The van der Waals surface area contributed by atoms with Gasteiger partial charge in [0.05, 0.1) is 23.3 Å². The van der Waals surface area contributed by atoms with Crippen LogP contribution in [0.15, 0.2) is 81.6 Å². The monoisotopic (exact) mass is 453 g/mol. The van der Waals surface area contributed by atoms with E-state index in [-0.39, 0.29) is 24.1 Å². The number of fused-ring (bicyclic) bond motifs is 1. The van der Waals surface area contributed by atoms with Crippen LogP contribution in [0.1, 0.15) is 16.5 Å². The Balaban J connectivity index is 1.60. The zero-order valence-electron chi connectivity index (χ0n) is 14.7. The van der Waals surface area contributed by atoms with Crippen molar-refractivity contribution in [3.8, 4) is 0 Å². The molecule has 0 saturated heterocycles. The average molecular weight is 454 g/mol. The van der Waals surface area contributed by atoms with Crippen LogP contribution < -0.4 is 10.9 Å². The summed E-state index contributed by atoms with van der Waals surface area (Å²) in [6.07, 6.45) is 1.42. The summed E-state index contributed by atoms with van der Waals surface area (Å²) in [4.78, 5) is 30.8. The standard InChI is InChI=1S/C21H16BrN3O2S/c22-15-8-9-17-16(11-15)21(27)25(13-23-17)12-19(26)24-20(18-7-4-10-28-18)14-5-2-1-3-6-14/h1-11,13,20H,12H2,(H,24,26).